The van der Waals surface area contributed by atoms with Crippen LogP contribution >= 0.6 is 15.9 Å². The number of nitrogens with one attached hydrogen (secondary N) is 1. The van der Waals surface area contributed by atoms with Crippen molar-refractivity contribution in [2.24, 2.45) is 0 Å². The molecule has 1 heterocycles. The van der Waals surface area contributed by atoms with Gasteiger partial charge in [-0.15, -0.1) is 0 Å². The molecule has 0 unspecified atom stereocenters. The molecular weight excluding hydrogens is 373 g/mol. The molecule has 0 aliphatic rings. The second-order valence-electron chi connectivity index (χ2n) is 5.33. The van der Waals surface area contributed by atoms with Crippen LogP contribution in [0.4, 0.5) is 4.39 Å². The summed E-state index contributed by atoms with van der Waals surface area (Å²) in [6.07, 6.45) is 3.64. The number of amides is 1. The highest BCUT2D eigenvalue weighted by Crippen LogP contribution is 2.15. The first-order valence-corrected chi connectivity index (χ1v) is 8.19. The minimum absolute atomic E-state index is 0.0275. The third-order valence-corrected chi connectivity index (χ3v) is 4.05. The monoisotopic (exact) mass is 387 g/mol. The molecule has 122 valence electrons. The molecule has 0 spiro atoms. The summed E-state index contributed by atoms with van der Waals surface area (Å²) < 4.78 is 16.2. The van der Waals surface area contributed by atoms with Crippen LogP contribution in [-0.2, 0) is 13.1 Å². The van der Waals surface area contributed by atoms with Crippen molar-refractivity contribution in [1.29, 1.82) is 0 Å². The van der Waals surface area contributed by atoms with Gasteiger partial charge in [0.05, 0.1) is 12.1 Å². The van der Waals surface area contributed by atoms with Gasteiger partial charge in [0.15, 0.2) is 0 Å². The van der Waals surface area contributed by atoms with Crippen LogP contribution in [0, 0.1) is 5.82 Å². The number of hydrogen-bond donors (Lipinski definition) is 1. The van der Waals surface area contributed by atoms with E-state index in [4.69, 9.17) is 0 Å². The maximum Gasteiger partial charge on any atom is 0.254 e. The first kappa shape index (κ1) is 16.4. The maximum absolute atomic E-state index is 13.7. The Morgan fingerprint density at radius 1 is 1.17 bits per heavy atom. The summed E-state index contributed by atoms with van der Waals surface area (Å²) in [6.45, 7) is 1.04. The van der Waals surface area contributed by atoms with E-state index < -0.39 is 11.7 Å². The van der Waals surface area contributed by atoms with Crippen LogP contribution in [0.5, 0.6) is 0 Å². The molecule has 1 N–H and O–H groups in total. The molecule has 0 aliphatic heterocycles. The smallest absolute Gasteiger partial charge is 0.254 e. The Kier molecular flexibility index (Phi) is 5.05. The van der Waals surface area contributed by atoms with E-state index in [1.807, 2.05) is 41.2 Å². The highest BCUT2D eigenvalue weighted by Gasteiger charge is 2.11. The summed E-state index contributed by atoms with van der Waals surface area (Å²) in [7, 11) is 0. The van der Waals surface area contributed by atoms with Gasteiger partial charge in [0, 0.05) is 23.4 Å². The second-order valence-corrected chi connectivity index (χ2v) is 6.24. The number of halogens is 2. The van der Waals surface area contributed by atoms with Gasteiger partial charge in [-0.05, 0) is 35.4 Å². The zero-order chi connectivity index (χ0) is 16.9. The molecule has 0 bridgehead atoms. The van der Waals surface area contributed by atoms with Crippen molar-refractivity contribution in [3.05, 3.63) is 87.9 Å². The number of carbonyl (C=O) groups is 1. The predicted octanol–water partition coefficient (Wildman–Crippen LogP) is 3.76. The SMILES string of the molecule is O=C(NCc1ccc(Cn2cccn2)cc1)c1cc(Br)ccc1F. The zero-order valence-electron chi connectivity index (χ0n) is 12.7. The molecule has 6 heteroatoms. The number of hydrogen-bond acceptors (Lipinski definition) is 2. The van der Waals surface area contributed by atoms with Crippen LogP contribution in [0.1, 0.15) is 21.5 Å². The van der Waals surface area contributed by atoms with Gasteiger partial charge in [-0.2, -0.15) is 5.10 Å². The van der Waals surface area contributed by atoms with Crippen LogP contribution in [0.25, 0.3) is 0 Å². The van der Waals surface area contributed by atoms with E-state index in [2.05, 4.69) is 26.3 Å². The highest BCUT2D eigenvalue weighted by molar-refractivity contribution is 9.10. The largest absolute Gasteiger partial charge is 0.348 e. The summed E-state index contributed by atoms with van der Waals surface area (Å²) in [5.74, 6) is -0.973. The molecule has 1 amide bonds. The molecule has 0 atom stereocenters. The van der Waals surface area contributed by atoms with E-state index >= 15 is 0 Å². The molecule has 0 radical (unpaired) electrons. The first-order chi connectivity index (χ1) is 11.6. The first-order valence-electron chi connectivity index (χ1n) is 7.40. The minimum Gasteiger partial charge on any atom is -0.348 e. The fourth-order valence-corrected chi connectivity index (χ4v) is 2.65. The van der Waals surface area contributed by atoms with E-state index in [-0.39, 0.29) is 5.56 Å². The fraction of sp³-hybridized carbons (Fsp3) is 0.111. The van der Waals surface area contributed by atoms with Crippen molar-refractivity contribution >= 4 is 21.8 Å². The van der Waals surface area contributed by atoms with Gasteiger partial charge in [0.1, 0.15) is 5.82 Å². The average molecular weight is 388 g/mol. The van der Waals surface area contributed by atoms with Crippen molar-refractivity contribution < 1.29 is 9.18 Å². The molecule has 4 nitrogen and oxygen atoms in total. The van der Waals surface area contributed by atoms with Crippen LogP contribution in [0.3, 0.4) is 0 Å². The Morgan fingerprint density at radius 2 is 1.92 bits per heavy atom. The van der Waals surface area contributed by atoms with Gasteiger partial charge in [-0.1, -0.05) is 40.2 Å². The Labute approximate surface area is 147 Å². The Hall–Kier alpha value is -2.47. The molecule has 0 aliphatic carbocycles. The average Bonchev–Trinajstić information content (AvgIpc) is 3.09. The van der Waals surface area contributed by atoms with Gasteiger partial charge >= 0.3 is 0 Å². The van der Waals surface area contributed by atoms with E-state index in [1.54, 1.807) is 12.3 Å². The summed E-state index contributed by atoms with van der Waals surface area (Å²) in [6, 6.07) is 14.0. The number of benzene rings is 2. The van der Waals surface area contributed by atoms with Crippen molar-refractivity contribution in [3.8, 4) is 0 Å². The molecule has 24 heavy (non-hydrogen) atoms. The lowest BCUT2D eigenvalue weighted by atomic mass is 10.1. The Balaban J connectivity index is 1.60. The lowest BCUT2D eigenvalue weighted by Crippen LogP contribution is -2.23. The van der Waals surface area contributed by atoms with Crippen molar-refractivity contribution in [2.75, 3.05) is 0 Å². The summed E-state index contributed by atoms with van der Waals surface area (Å²) in [5.41, 5.74) is 2.09. The summed E-state index contributed by atoms with van der Waals surface area (Å²) in [4.78, 5) is 12.1. The zero-order valence-corrected chi connectivity index (χ0v) is 14.3. The Bertz CT molecular complexity index is 832. The minimum atomic E-state index is -0.537. The lowest BCUT2D eigenvalue weighted by molar-refractivity contribution is 0.0947. The van der Waals surface area contributed by atoms with Crippen molar-refractivity contribution in [3.63, 3.8) is 0 Å². The molecule has 0 saturated heterocycles. The quantitative estimate of drug-likeness (QED) is 0.724. The van der Waals surface area contributed by atoms with Crippen LogP contribution in [-0.4, -0.2) is 15.7 Å². The molecular formula is C18H15BrFN3O. The normalized spacial score (nSPS) is 10.6. The summed E-state index contributed by atoms with van der Waals surface area (Å²) >= 11 is 3.24. The predicted molar refractivity (Wildman–Crippen MR) is 93.0 cm³/mol. The number of carbonyl (C=O) groups excluding carboxylic acids is 1. The van der Waals surface area contributed by atoms with Gasteiger partial charge in [0.2, 0.25) is 0 Å². The number of rotatable bonds is 5. The molecule has 3 aromatic rings. The topological polar surface area (TPSA) is 46.9 Å². The molecule has 3 rings (SSSR count). The third kappa shape index (κ3) is 4.08. The van der Waals surface area contributed by atoms with Crippen LogP contribution in [0.2, 0.25) is 0 Å². The Morgan fingerprint density at radius 3 is 2.62 bits per heavy atom. The van der Waals surface area contributed by atoms with E-state index in [1.165, 1.54) is 12.1 Å². The molecule has 2 aromatic carbocycles. The van der Waals surface area contributed by atoms with E-state index in [0.717, 1.165) is 11.1 Å². The molecule has 0 saturated carbocycles. The van der Waals surface area contributed by atoms with Crippen LogP contribution in [0.15, 0.2) is 65.4 Å². The van der Waals surface area contributed by atoms with Crippen LogP contribution < -0.4 is 5.32 Å². The fourth-order valence-electron chi connectivity index (χ4n) is 2.29. The van der Waals surface area contributed by atoms with Gasteiger partial charge in [-0.3, -0.25) is 9.48 Å². The van der Waals surface area contributed by atoms with Gasteiger partial charge in [-0.25, -0.2) is 4.39 Å². The van der Waals surface area contributed by atoms with Crippen molar-refractivity contribution in [2.45, 2.75) is 13.1 Å². The number of aromatic nitrogens is 2. The highest BCUT2D eigenvalue weighted by atomic mass is 79.9. The molecule has 1 aromatic heterocycles. The number of nitrogens with zero attached hydrogens (tertiary/aromatic N) is 2. The third-order valence-electron chi connectivity index (χ3n) is 3.55. The summed E-state index contributed by atoms with van der Waals surface area (Å²) in [5, 5.41) is 6.89. The second kappa shape index (κ2) is 7.40. The van der Waals surface area contributed by atoms with Crippen molar-refractivity contribution in [1.82, 2.24) is 15.1 Å². The maximum atomic E-state index is 13.7. The van der Waals surface area contributed by atoms with Gasteiger partial charge < -0.3 is 5.32 Å². The van der Waals surface area contributed by atoms with Gasteiger partial charge in [0.25, 0.3) is 5.91 Å². The van der Waals surface area contributed by atoms with E-state index in [9.17, 15) is 9.18 Å². The molecule has 0 fully saturated rings. The lowest BCUT2D eigenvalue weighted by Gasteiger charge is -2.08. The standard InChI is InChI=1S/C18H15BrFN3O/c19-15-6-7-17(20)16(10-15)18(24)21-11-13-2-4-14(5-3-13)12-23-9-1-8-22-23/h1-10H,11-12H2,(H,21,24). The van der Waals surface area contributed by atoms with E-state index in [0.29, 0.717) is 17.6 Å².